The van der Waals surface area contributed by atoms with Gasteiger partial charge in [-0.2, -0.15) is 0 Å². The van der Waals surface area contributed by atoms with Crippen molar-refractivity contribution in [3.63, 3.8) is 0 Å². The molecule has 11 nitrogen and oxygen atoms in total. The Labute approximate surface area is 295 Å². The van der Waals surface area contributed by atoms with Gasteiger partial charge >= 0.3 is 0 Å². The van der Waals surface area contributed by atoms with E-state index < -0.39 is 10.0 Å². The number of nitrogens with one attached hydrogen (secondary N) is 2. The fourth-order valence-corrected chi connectivity index (χ4v) is 8.04. The zero-order chi connectivity index (χ0) is 35.8. The number of nitrogens with zero attached hydrogens (tertiary/aromatic N) is 4. The molecule has 1 saturated heterocycles. The molecule has 2 aliphatic rings. The number of ether oxygens (including phenoxy) is 2. The fourth-order valence-electron chi connectivity index (χ4n) is 7.49. The number of hydrogen-bond acceptors (Lipinski definition) is 8. The Morgan fingerprint density at radius 2 is 1.80 bits per heavy atom. The van der Waals surface area contributed by atoms with E-state index in [9.17, 15) is 13.2 Å². The van der Waals surface area contributed by atoms with Crippen LogP contribution in [0.5, 0.6) is 11.5 Å². The van der Waals surface area contributed by atoms with Crippen LogP contribution in [0.4, 0.5) is 11.4 Å². The number of amides is 1. The summed E-state index contributed by atoms with van der Waals surface area (Å²) in [6.07, 6.45) is 8.92. The number of benzene rings is 2. The first-order valence-electron chi connectivity index (χ1n) is 17.5. The smallest absolute Gasteiger partial charge is 0.229 e. The zero-order valence-electron chi connectivity index (χ0n) is 30.2. The molecule has 1 aliphatic heterocycles. The average molecular weight is 703 g/mol. The van der Waals surface area contributed by atoms with E-state index in [2.05, 4.69) is 67.8 Å². The van der Waals surface area contributed by atoms with E-state index in [1.807, 2.05) is 45.2 Å². The van der Waals surface area contributed by atoms with Crippen LogP contribution in [0.3, 0.4) is 0 Å². The van der Waals surface area contributed by atoms with Gasteiger partial charge in [0.05, 0.1) is 36.5 Å². The van der Waals surface area contributed by atoms with Gasteiger partial charge in [0, 0.05) is 6.42 Å². The highest BCUT2D eigenvalue weighted by Gasteiger charge is 2.40. The van der Waals surface area contributed by atoms with E-state index in [4.69, 9.17) is 9.47 Å². The predicted octanol–water partition coefficient (Wildman–Crippen LogP) is 7.15. The lowest BCUT2D eigenvalue weighted by atomic mass is 9.79. The summed E-state index contributed by atoms with van der Waals surface area (Å²) >= 11 is 0. The van der Waals surface area contributed by atoms with E-state index in [0.717, 1.165) is 67.7 Å². The van der Waals surface area contributed by atoms with Gasteiger partial charge in [0.15, 0.2) is 17.2 Å². The van der Waals surface area contributed by atoms with Crippen LogP contribution in [-0.2, 0) is 25.8 Å². The second kappa shape index (κ2) is 13.9. The lowest BCUT2D eigenvalue weighted by Crippen LogP contribution is -2.37. The van der Waals surface area contributed by atoms with Crippen LogP contribution in [0, 0.1) is 0 Å². The highest BCUT2D eigenvalue weighted by atomic mass is 32.2. The van der Waals surface area contributed by atoms with Crippen molar-refractivity contribution in [2.24, 2.45) is 0 Å². The quantitative estimate of drug-likeness (QED) is 0.169. The molecule has 50 heavy (non-hydrogen) atoms. The second-order valence-electron chi connectivity index (χ2n) is 15.1. The van der Waals surface area contributed by atoms with Gasteiger partial charge < -0.3 is 14.8 Å². The summed E-state index contributed by atoms with van der Waals surface area (Å²) in [5, 5.41) is 12.0. The second-order valence-corrected chi connectivity index (χ2v) is 16.8. The van der Waals surface area contributed by atoms with Crippen LogP contribution in [0.2, 0.25) is 0 Å². The third-order valence-electron chi connectivity index (χ3n) is 10.4. The number of hydrogen-bond donors (Lipinski definition) is 2. The molecule has 0 unspecified atom stereocenters. The topological polar surface area (TPSA) is 127 Å². The number of carbonyl (C=O) groups is 1. The van der Waals surface area contributed by atoms with Gasteiger partial charge in [-0.3, -0.25) is 18.8 Å². The van der Waals surface area contributed by atoms with Gasteiger partial charge in [-0.15, -0.1) is 10.2 Å². The first kappa shape index (κ1) is 35.7. The van der Waals surface area contributed by atoms with Crippen molar-refractivity contribution < 1.29 is 22.7 Å². The molecule has 6 rings (SSSR count). The minimum absolute atomic E-state index is 0.0785. The van der Waals surface area contributed by atoms with Crippen molar-refractivity contribution in [2.45, 2.75) is 95.6 Å². The minimum atomic E-state index is -3.57. The summed E-state index contributed by atoms with van der Waals surface area (Å²) < 4.78 is 41.1. The maximum Gasteiger partial charge on any atom is 0.229 e. The summed E-state index contributed by atoms with van der Waals surface area (Å²) in [5.74, 6) is 2.18. The van der Waals surface area contributed by atoms with Crippen LogP contribution in [0.1, 0.15) is 107 Å². The van der Waals surface area contributed by atoms with Gasteiger partial charge in [0.1, 0.15) is 11.9 Å². The molecule has 2 aromatic carbocycles. The molecule has 268 valence electrons. The molecule has 2 N–H and O–H groups in total. The van der Waals surface area contributed by atoms with Gasteiger partial charge in [0.25, 0.3) is 0 Å². The third-order valence-corrected chi connectivity index (χ3v) is 11.0. The van der Waals surface area contributed by atoms with E-state index in [1.165, 1.54) is 18.2 Å². The molecule has 3 heterocycles. The van der Waals surface area contributed by atoms with Crippen molar-refractivity contribution in [1.29, 1.82) is 0 Å². The minimum Gasteiger partial charge on any atom is -0.492 e. The van der Waals surface area contributed by atoms with Crippen LogP contribution >= 0.6 is 0 Å². The number of rotatable bonds is 11. The number of aromatic nitrogens is 3. The number of anilines is 2. The monoisotopic (exact) mass is 702 g/mol. The summed E-state index contributed by atoms with van der Waals surface area (Å²) in [7, 11) is 0.0488. The van der Waals surface area contributed by atoms with Crippen molar-refractivity contribution in [3.05, 3.63) is 77.2 Å². The van der Waals surface area contributed by atoms with Crippen LogP contribution < -0.4 is 19.5 Å². The Hall–Kier alpha value is -4.16. The highest BCUT2D eigenvalue weighted by Crippen LogP contribution is 2.43. The van der Waals surface area contributed by atoms with Crippen molar-refractivity contribution in [3.8, 4) is 11.5 Å². The van der Waals surface area contributed by atoms with Crippen molar-refractivity contribution >= 4 is 33.0 Å². The molecule has 0 spiro atoms. The molecular weight excluding hydrogens is 653 g/mol. The number of fused-ring (bicyclic) bond motifs is 2. The van der Waals surface area contributed by atoms with E-state index in [1.54, 1.807) is 6.07 Å². The standard InChI is InChI=1S/C38H50N6O5S/c1-37(2,3)26-22-30(35(48-6)31(23-26)42-50(7,46)47)39-34(45)15-10-12-25-16-18-32(29-14-9-8-13-28(25)29)49-27-17-19-33-40-41-36(44(33)24-27)38(4)20-11-21-43(38)5/h8-9,13-14,17,19,22-25,32,42H,10-12,15-16,18,20-21H2,1-7H3,(H,39,45)/t25-,32-,38-/m0/s1. The molecule has 0 radical (unpaired) electrons. The molecular formula is C38H50N6O5S. The van der Waals surface area contributed by atoms with Gasteiger partial charge in [-0.25, -0.2) is 8.42 Å². The summed E-state index contributed by atoms with van der Waals surface area (Å²) in [5.41, 5.74) is 4.43. The molecule has 3 atom stereocenters. The Kier molecular flexibility index (Phi) is 9.89. The lowest BCUT2D eigenvalue weighted by molar-refractivity contribution is -0.116. The van der Waals surface area contributed by atoms with E-state index >= 15 is 0 Å². The molecule has 1 aliphatic carbocycles. The molecule has 1 amide bonds. The average Bonchev–Trinajstić information content (AvgIpc) is 3.63. The van der Waals surface area contributed by atoms with Crippen LogP contribution in [-0.4, -0.2) is 60.8 Å². The van der Waals surface area contributed by atoms with E-state index in [0.29, 0.717) is 30.1 Å². The van der Waals surface area contributed by atoms with Crippen molar-refractivity contribution in [1.82, 2.24) is 19.5 Å². The lowest BCUT2D eigenvalue weighted by Gasteiger charge is -2.32. The molecule has 1 fully saturated rings. The molecule has 2 aromatic heterocycles. The maximum atomic E-state index is 13.3. The maximum absolute atomic E-state index is 13.3. The number of sulfonamides is 1. The Morgan fingerprint density at radius 3 is 2.48 bits per heavy atom. The van der Waals surface area contributed by atoms with Gasteiger partial charge in [0.2, 0.25) is 15.9 Å². The normalized spacial score (nSPS) is 21.2. The first-order valence-corrected chi connectivity index (χ1v) is 19.4. The SMILES string of the molecule is COc1c(NC(=O)CCC[C@H]2CC[C@H](Oc3ccc4nnc([C@]5(C)CCCN5C)n4c3)c3ccccc32)cc(C(C)(C)C)cc1NS(C)(=O)=O. The predicted molar refractivity (Wildman–Crippen MR) is 197 cm³/mol. The molecule has 4 aromatic rings. The first-order chi connectivity index (χ1) is 23.7. The van der Waals surface area contributed by atoms with Crippen LogP contribution in [0.15, 0.2) is 54.7 Å². The Balaban J connectivity index is 1.13. The number of carbonyl (C=O) groups excluding carboxylic acids is 1. The number of pyridine rings is 1. The van der Waals surface area contributed by atoms with Gasteiger partial charge in [-0.05, 0) is 111 Å². The third kappa shape index (κ3) is 7.46. The molecule has 0 saturated carbocycles. The number of likely N-dealkylation sites (tertiary alicyclic amines) is 1. The highest BCUT2D eigenvalue weighted by molar-refractivity contribution is 7.92. The van der Waals surface area contributed by atoms with Crippen LogP contribution in [0.25, 0.3) is 5.65 Å². The van der Waals surface area contributed by atoms with Crippen molar-refractivity contribution in [2.75, 3.05) is 37.0 Å². The molecule has 0 bridgehead atoms. The zero-order valence-corrected chi connectivity index (χ0v) is 31.1. The Morgan fingerprint density at radius 1 is 1.06 bits per heavy atom. The largest absolute Gasteiger partial charge is 0.492 e. The number of methoxy groups -OCH3 is 1. The summed E-state index contributed by atoms with van der Waals surface area (Å²) in [6.45, 7) is 9.37. The van der Waals surface area contributed by atoms with Gasteiger partial charge in [-0.1, -0.05) is 45.0 Å². The molecule has 12 heteroatoms. The fraction of sp³-hybridized carbons (Fsp3) is 0.500. The summed E-state index contributed by atoms with van der Waals surface area (Å²) in [4.78, 5) is 15.6. The van der Waals surface area contributed by atoms with E-state index in [-0.39, 0.29) is 28.7 Å². The summed E-state index contributed by atoms with van der Waals surface area (Å²) in [6, 6.07) is 16.1. The Bertz CT molecular complexity index is 1990.